The van der Waals surface area contributed by atoms with Gasteiger partial charge in [0.25, 0.3) is 0 Å². The molecule has 31 heavy (non-hydrogen) atoms. The number of nitrogens with zero attached hydrogens (tertiary/aromatic N) is 3. The van der Waals surface area contributed by atoms with Crippen molar-refractivity contribution >= 4 is 44.2 Å². The largest absolute Gasteiger partial charge is 0.369 e. The number of halogens is 1. The van der Waals surface area contributed by atoms with Crippen molar-refractivity contribution in [3.05, 3.63) is 59.9 Å². The van der Waals surface area contributed by atoms with Gasteiger partial charge >= 0.3 is 6.03 Å². The zero-order chi connectivity index (χ0) is 21.6. The van der Waals surface area contributed by atoms with Gasteiger partial charge in [0.05, 0.1) is 42.8 Å². The Labute approximate surface area is 184 Å². The van der Waals surface area contributed by atoms with Gasteiger partial charge < -0.3 is 19.5 Å². The lowest BCUT2D eigenvalue weighted by Crippen LogP contribution is -2.71. The molecule has 0 radical (unpaired) electrons. The highest BCUT2D eigenvalue weighted by atomic mass is 35.5. The van der Waals surface area contributed by atoms with Gasteiger partial charge in [-0.2, -0.15) is 0 Å². The summed E-state index contributed by atoms with van der Waals surface area (Å²) in [5, 5.41) is 2.65. The van der Waals surface area contributed by atoms with E-state index in [2.05, 4.69) is 10.3 Å². The molecule has 3 aromatic rings. The zero-order valence-corrected chi connectivity index (χ0v) is 18.1. The monoisotopic (exact) mass is 460 g/mol. The SMILES string of the molecule is O=C(Nc1cccc(Cl)c1)N1CC2(C1)CS(=O)(=O)[C@@H](Cn1cnc3ccccc31)CO2. The summed E-state index contributed by atoms with van der Waals surface area (Å²) in [7, 11) is -3.40. The summed E-state index contributed by atoms with van der Waals surface area (Å²) in [6, 6.07) is 14.2. The van der Waals surface area contributed by atoms with Gasteiger partial charge in [0.1, 0.15) is 10.9 Å². The van der Waals surface area contributed by atoms with Crippen molar-refractivity contribution in [1.82, 2.24) is 14.5 Å². The Balaban J connectivity index is 1.22. The number of carbonyl (C=O) groups is 1. The van der Waals surface area contributed by atoms with Crippen LogP contribution < -0.4 is 5.32 Å². The predicted octanol–water partition coefficient (Wildman–Crippen LogP) is 2.79. The molecular formula is C21H21ClN4O4S. The van der Waals surface area contributed by atoms with Crippen LogP contribution in [-0.2, 0) is 21.1 Å². The van der Waals surface area contributed by atoms with E-state index in [-0.39, 0.29) is 38.0 Å². The second-order valence-electron chi connectivity index (χ2n) is 8.11. The number of hydrogen-bond donors (Lipinski definition) is 1. The quantitative estimate of drug-likeness (QED) is 0.648. The molecule has 1 N–H and O–H groups in total. The first-order valence-corrected chi connectivity index (χ1v) is 12.0. The van der Waals surface area contributed by atoms with Crippen molar-refractivity contribution in [2.45, 2.75) is 17.4 Å². The number of fused-ring (bicyclic) bond motifs is 1. The van der Waals surface area contributed by atoms with Crippen LogP contribution in [0.2, 0.25) is 5.02 Å². The van der Waals surface area contributed by atoms with E-state index < -0.39 is 20.7 Å². The smallest absolute Gasteiger partial charge is 0.322 e. The standard InChI is InChI=1S/C21H21ClN4O4S/c22-15-4-3-5-16(8-15)24-20(27)26-11-21(12-26)13-31(28,29)17(10-30-21)9-25-14-23-18-6-1-2-7-19(18)25/h1-8,14,17H,9-13H2,(H,24,27)/t17-/m0/s1. The van der Waals surface area contributed by atoms with Gasteiger partial charge in [0.2, 0.25) is 0 Å². The summed E-state index contributed by atoms with van der Waals surface area (Å²) >= 11 is 5.94. The van der Waals surface area contributed by atoms with Crippen LogP contribution in [0, 0.1) is 0 Å². The first-order valence-electron chi connectivity index (χ1n) is 9.91. The maximum absolute atomic E-state index is 13.0. The van der Waals surface area contributed by atoms with E-state index in [1.54, 1.807) is 35.5 Å². The molecule has 2 amide bonds. The second-order valence-corrected chi connectivity index (χ2v) is 10.8. The van der Waals surface area contributed by atoms with Crippen LogP contribution in [-0.4, -0.2) is 65.2 Å². The molecule has 2 aromatic carbocycles. The van der Waals surface area contributed by atoms with Crippen LogP contribution in [0.1, 0.15) is 0 Å². The molecule has 1 atom stereocenters. The maximum atomic E-state index is 13.0. The van der Waals surface area contributed by atoms with Crippen molar-refractivity contribution in [2.24, 2.45) is 0 Å². The summed E-state index contributed by atoms with van der Waals surface area (Å²) in [6.07, 6.45) is 1.66. The number of imidazole rings is 1. The molecule has 0 aliphatic carbocycles. The normalized spacial score (nSPS) is 21.7. The van der Waals surface area contributed by atoms with Gasteiger partial charge in [-0.05, 0) is 30.3 Å². The van der Waals surface area contributed by atoms with Crippen LogP contribution in [0.15, 0.2) is 54.9 Å². The molecule has 2 aliphatic rings. The third-order valence-electron chi connectivity index (χ3n) is 5.80. The highest BCUT2D eigenvalue weighted by Crippen LogP contribution is 2.33. The highest BCUT2D eigenvalue weighted by Gasteiger charge is 2.54. The van der Waals surface area contributed by atoms with E-state index in [0.717, 1.165) is 11.0 Å². The fourth-order valence-corrected chi connectivity index (χ4v) is 6.27. The Hall–Kier alpha value is -2.62. The number of amides is 2. The number of nitrogens with one attached hydrogen (secondary N) is 1. The molecule has 0 unspecified atom stereocenters. The van der Waals surface area contributed by atoms with Crippen LogP contribution in [0.25, 0.3) is 11.0 Å². The van der Waals surface area contributed by atoms with E-state index in [1.165, 1.54) is 0 Å². The Morgan fingerprint density at radius 3 is 2.81 bits per heavy atom. The number of urea groups is 1. The van der Waals surface area contributed by atoms with Gasteiger partial charge in [-0.25, -0.2) is 18.2 Å². The topological polar surface area (TPSA) is 93.5 Å². The molecule has 1 spiro atoms. The lowest BCUT2D eigenvalue weighted by atomic mass is 9.96. The molecule has 1 aromatic heterocycles. The predicted molar refractivity (Wildman–Crippen MR) is 118 cm³/mol. The molecule has 162 valence electrons. The summed E-state index contributed by atoms with van der Waals surface area (Å²) in [4.78, 5) is 18.3. The van der Waals surface area contributed by atoms with Crippen molar-refractivity contribution in [3.8, 4) is 0 Å². The number of aromatic nitrogens is 2. The molecular weight excluding hydrogens is 440 g/mol. The number of carbonyl (C=O) groups excluding carboxylic acids is 1. The molecule has 8 nitrogen and oxygen atoms in total. The van der Waals surface area contributed by atoms with Gasteiger partial charge in [-0.1, -0.05) is 29.8 Å². The third kappa shape index (κ3) is 3.88. The minimum atomic E-state index is -3.40. The Morgan fingerprint density at radius 2 is 2.03 bits per heavy atom. The number of sulfone groups is 1. The number of likely N-dealkylation sites (tertiary alicyclic amines) is 1. The molecule has 2 fully saturated rings. The number of benzene rings is 2. The summed E-state index contributed by atoms with van der Waals surface area (Å²) < 4.78 is 33.9. The summed E-state index contributed by atoms with van der Waals surface area (Å²) in [5.74, 6) is -0.0990. The number of rotatable bonds is 3. The number of anilines is 1. The molecule has 10 heteroatoms. The Kier molecular flexibility index (Phi) is 4.91. The fraction of sp³-hybridized carbons (Fsp3) is 0.333. The maximum Gasteiger partial charge on any atom is 0.322 e. The van der Waals surface area contributed by atoms with Crippen LogP contribution in [0.3, 0.4) is 0 Å². The Morgan fingerprint density at radius 1 is 1.23 bits per heavy atom. The van der Waals surface area contributed by atoms with E-state index in [0.29, 0.717) is 10.7 Å². The average Bonchev–Trinajstić information content (AvgIpc) is 3.10. The van der Waals surface area contributed by atoms with E-state index in [1.807, 2.05) is 28.8 Å². The van der Waals surface area contributed by atoms with Gasteiger partial charge in [-0.3, -0.25) is 0 Å². The van der Waals surface area contributed by atoms with Crippen molar-refractivity contribution in [3.63, 3.8) is 0 Å². The lowest BCUT2D eigenvalue weighted by molar-refractivity contribution is -0.117. The lowest BCUT2D eigenvalue weighted by Gasteiger charge is -2.51. The van der Waals surface area contributed by atoms with Crippen LogP contribution in [0.4, 0.5) is 10.5 Å². The van der Waals surface area contributed by atoms with Gasteiger partial charge in [-0.15, -0.1) is 0 Å². The minimum Gasteiger partial charge on any atom is -0.369 e. The number of ether oxygens (including phenoxy) is 1. The minimum absolute atomic E-state index is 0.0958. The fourth-order valence-electron chi connectivity index (χ4n) is 4.19. The van der Waals surface area contributed by atoms with E-state index in [4.69, 9.17) is 16.3 Å². The number of para-hydroxylation sites is 2. The zero-order valence-electron chi connectivity index (χ0n) is 16.6. The first kappa shape index (κ1) is 20.3. The Bertz CT molecular complexity index is 1250. The molecule has 5 rings (SSSR count). The molecule has 0 bridgehead atoms. The van der Waals surface area contributed by atoms with Crippen LogP contribution >= 0.6 is 11.6 Å². The van der Waals surface area contributed by atoms with E-state index in [9.17, 15) is 13.2 Å². The average molecular weight is 461 g/mol. The van der Waals surface area contributed by atoms with Crippen LogP contribution in [0.5, 0.6) is 0 Å². The number of hydrogen-bond acceptors (Lipinski definition) is 5. The van der Waals surface area contributed by atoms with Crippen molar-refractivity contribution < 1.29 is 17.9 Å². The molecule has 0 saturated carbocycles. The van der Waals surface area contributed by atoms with Crippen molar-refractivity contribution in [1.29, 1.82) is 0 Å². The van der Waals surface area contributed by atoms with Crippen molar-refractivity contribution in [2.75, 3.05) is 30.8 Å². The molecule has 2 saturated heterocycles. The molecule has 2 aliphatic heterocycles. The second kappa shape index (κ2) is 7.51. The highest BCUT2D eigenvalue weighted by molar-refractivity contribution is 7.92. The molecule has 3 heterocycles. The third-order valence-corrected chi connectivity index (χ3v) is 8.26. The summed E-state index contributed by atoms with van der Waals surface area (Å²) in [5.41, 5.74) is 1.47. The van der Waals surface area contributed by atoms with Gasteiger partial charge in [0, 0.05) is 17.3 Å². The van der Waals surface area contributed by atoms with Gasteiger partial charge in [0.15, 0.2) is 9.84 Å². The first-order chi connectivity index (χ1) is 14.8. The van der Waals surface area contributed by atoms with E-state index >= 15 is 0 Å². The summed E-state index contributed by atoms with van der Waals surface area (Å²) in [6.45, 7) is 0.856.